The van der Waals surface area contributed by atoms with Gasteiger partial charge in [-0.15, -0.1) is 0 Å². The van der Waals surface area contributed by atoms with Gasteiger partial charge in [0, 0.05) is 26.2 Å². The lowest BCUT2D eigenvalue weighted by molar-refractivity contribution is 0.0501. The van der Waals surface area contributed by atoms with E-state index in [0.717, 1.165) is 37.9 Å². The maximum Gasteiger partial charge on any atom is 0.257 e. The summed E-state index contributed by atoms with van der Waals surface area (Å²) in [5.41, 5.74) is 4.04. The van der Waals surface area contributed by atoms with Crippen molar-refractivity contribution >= 4 is 5.91 Å². The van der Waals surface area contributed by atoms with E-state index in [0.29, 0.717) is 31.0 Å². The maximum absolute atomic E-state index is 13.2. The van der Waals surface area contributed by atoms with Crippen molar-refractivity contribution in [2.24, 2.45) is 5.92 Å². The van der Waals surface area contributed by atoms with Gasteiger partial charge in [0.2, 0.25) is 0 Å². The number of hydrogen-bond acceptors (Lipinski definition) is 5. The number of fused-ring (bicyclic) bond motifs is 2. The molecule has 5 rings (SSSR count). The van der Waals surface area contributed by atoms with E-state index in [9.17, 15) is 15.0 Å². The van der Waals surface area contributed by atoms with Crippen molar-refractivity contribution in [1.82, 2.24) is 9.80 Å². The van der Waals surface area contributed by atoms with Gasteiger partial charge >= 0.3 is 0 Å². The van der Waals surface area contributed by atoms with E-state index >= 15 is 0 Å². The van der Waals surface area contributed by atoms with Crippen LogP contribution in [-0.4, -0.2) is 64.8 Å². The summed E-state index contributed by atoms with van der Waals surface area (Å²) in [7, 11) is 0. The Kier molecular flexibility index (Phi) is 6.67. The lowest BCUT2D eigenvalue weighted by atomic mass is 9.93. The summed E-state index contributed by atoms with van der Waals surface area (Å²) in [5, 5.41) is 21.5. The third-order valence-corrected chi connectivity index (χ3v) is 7.44. The number of aliphatic hydroxyl groups is 2. The molecule has 2 heterocycles. The molecule has 2 atom stereocenters. The van der Waals surface area contributed by atoms with Gasteiger partial charge in [0.25, 0.3) is 5.91 Å². The van der Waals surface area contributed by atoms with Gasteiger partial charge in [-0.25, -0.2) is 0 Å². The van der Waals surface area contributed by atoms with Gasteiger partial charge in [0.15, 0.2) is 0 Å². The number of nitrogens with zero attached hydrogens (tertiary/aromatic N) is 2. The molecule has 1 saturated carbocycles. The molecule has 6 nitrogen and oxygen atoms in total. The number of hydrogen-bond donors (Lipinski definition) is 2. The van der Waals surface area contributed by atoms with Gasteiger partial charge < -0.3 is 19.8 Å². The molecular weight excluding hydrogens is 416 g/mol. The quantitative estimate of drug-likeness (QED) is 0.707. The van der Waals surface area contributed by atoms with Crippen molar-refractivity contribution in [3.8, 4) is 5.75 Å². The minimum absolute atomic E-state index is 0.118. The fourth-order valence-electron chi connectivity index (χ4n) is 5.60. The summed E-state index contributed by atoms with van der Waals surface area (Å²) in [6.07, 6.45) is 4.29. The third kappa shape index (κ3) is 4.93. The summed E-state index contributed by atoms with van der Waals surface area (Å²) in [5.74, 6) is 0.713. The van der Waals surface area contributed by atoms with Crippen LogP contribution in [0.2, 0.25) is 0 Å². The molecule has 2 aliphatic heterocycles. The van der Waals surface area contributed by atoms with Gasteiger partial charge in [0.05, 0.1) is 24.3 Å². The van der Waals surface area contributed by atoms with Crippen molar-refractivity contribution in [3.63, 3.8) is 0 Å². The summed E-state index contributed by atoms with van der Waals surface area (Å²) >= 11 is 0. The third-order valence-electron chi connectivity index (χ3n) is 7.44. The Hall–Kier alpha value is -2.41. The number of carbonyl (C=O) groups is 1. The smallest absolute Gasteiger partial charge is 0.257 e. The standard InChI is InChI=1S/C27H34N2O4/c30-23(17-28-12-11-19-5-1-4-8-22(19)16-28)18-29-13-14-33-25-15-21(9-10-24(25)27(29)32)26(31)20-6-2-3-7-20/h1,4-5,8-10,15,20,23,26,30-31H,2-3,6-7,11-14,16-18H2/t23-,26?/m1/s1. The molecule has 0 radical (unpaired) electrons. The average Bonchev–Trinajstić information content (AvgIpc) is 3.32. The molecule has 0 saturated heterocycles. The number of benzene rings is 2. The summed E-state index contributed by atoms with van der Waals surface area (Å²) < 4.78 is 5.91. The molecule has 2 aromatic carbocycles. The van der Waals surface area contributed by atoms with Crippen molar-refractivity contribution in [2.75, 3.05) is 32.8 Å². The first-order chi connectivity index (χ1) is 16.1. The first kappa shape index (κ1) is 22.4. The van der Waals surface area contributed by atoms with Crippen LogP contribution in [-0.2, 0) is 13.0 Å². The van der Waals surface area contributed by atoms with E-state index in [1.165, 1.54) is 24.0 Å². The van der Waals surface area contributed by atoms with Crippen LogP contribution in [0.3, 0.4) is 0 Å². The number of β-amino-alcohol motifs (C(OH)–C–C–N with tert-alkyl or cyclic N) is 1. The van der Waals surface area contributed by atoms with E-state index in [2.05, 4.69) is 29.2 Å². The molecule has 0 bridgehead atoms. The molecule has 3 aliphatic rings. The zero-order chi connectivity index (χ0) is 22.8. The zero-order valence-corrected chi connectivity index (χ0v) is 19.2. The number of rotatable bonds is 6. The fourth-order valence-corrected chi connectivity index (χ4v) is 5.60. The second kappa shape index (κ2) is 9.84. The topological polar surface area (TPSA) is 73.2 Å². The van der Waals surface area contributed by atoms with Crippen LogP contribution in [0.25, 0.3) is 0 Å². The SMILES string of the molecule is O=C1c2ccc(C(O)C3CCCC3)cc2OCCN1C[C@H](O)CN1CCc2ccccc2C1. The highest BCUT2D eigenvalue weighted by molar-refractivity contribution is 5.97. The Balaban J connectivity index is 1.22. The largest absolute Gasteiger partial charge is 0.491 e. The minimum atomic E-state index is -0.621. The predicted octanol–water partition coefficient (Wildman–Crippen LogP) is 3.16. The van der Waals surface area contributed by atoms with Crippen LogP contribution in [0, 0.1) is 5.92 Å². The number of amides is 1. The Morgan fingerprint density at radius 3 is 2.61 bits per heavy atom. The summed E-state index contributed by atoms with van der Waals surface area (Å²) in [4.78, 5) is 17.2. The number of carbonyl (C=O) groups excluding carboxylic acids is 1. The summed E-state index contributed by atoms with van der Waals surface area (Å²) in [6.45, 7) is 3.39. The highest BCUT2D eigenvalue weighted by Crippen LogP contribution is 2.37. The highest BCUT2D eigenvalue weighted by Gasteiger charge is 2.29. The van der Waals surface area contributed by atoms with Crippen molar-refractivity contribution in [3.05, 3.63) is 64.7 Å². The Labute approximate surface area is 195 Å². The van der Waals surface area contributed by atoms with E-state index in [-0.39, 0.29) is 18.4 Å². The molecule has 2 aromatic rings. The molecule has 1 amide bonds. The molecule has 1 unspecified atom stereocenters. The lowest BCUT2D eigenvalue weighted by Gasteiger charge is -2.32. The number of ether oxygens (including phenoxy) is 1. The average molecular weight is 451 g/mol. The van der Waals surface area contributed by atoms with E-state index in [1.807, 2.05) is 12.1 Å². The predicted molar refractivity (Wildman–Crippen MR) is 126 cm³/mol. The molecule has 176 valence electrons. The Morgan fingerprint density at radius 1 is 1.00 bits per heavy atom. The molecule has 6 heteroatoms. The zero-order valence-electron chi connectivity index (χ0n) is 19.2. The fraction of sp³-hybridized carbons (Fsp3) is 0.519. The minimum Gasteiger partial charge on any atom is -0.491 e. The molecular formula is C27H34N2O4. The molecule has 0 spiro atoms. The van der Waals surface area contributed by atoms with Crippen molar-refractivity contribution < 1.29 is 19.7 Å². The highest BCUT2D eigenvalue weighted by atomic mass is 16.5. The van der Waals surface area contributed by atoms with Crippen LogP contribution >= 0.6 is 0 Å². The first-order valence-corrected chi connectivity index (χ1v) is 12.3. The first-order valence-electron chi connectivity index (χ1n) is 12.3. The van der Waals surface area contributed by atoms with Crippen LogP contribution < -0.4 is 4.74 Å². The molecule has 1 aliphatic carbocycles. The summed E-state index contributed by atoms with van der Waals surface area (Å²) in [6, 6.07) is 13.9. The molecule has 0 aromatic heterocycles. The van der Waals surface area contributed by atoms with Crippen LogP contribution in [0.15, 0.2) is 42.5 Å². The maximum atomic E-state index is 13.2. The Bertz CT molecular complexity index is 988. The van der Waals surface area contributed by atoms with E-state index in [1.54, 1.807) is 11.0 Å². The molecule has 2 N–H and O–H groups in total. The molecule has 33 heavy (non-hydrogen) atoms. The van der Waals surface area contributed by atoms with Gasteiger partial charge in [-0.05, 0) is 54.0 Å². The van der Waals surface area contributed by atoms with Gasteiger partial charge in [-0.3, -0.25) is 9.69 Å². The van der Waals surface area contributed by atoms with Crippen molar-refractivity contribution in [2.45, 2.75) is 50.9 Å². The van der Waals surface area contributed by atoms with Crippen LogP contribution in [0.5, 0.6) is 5.75 Å². The van der Waals surface area contributed by atoms with Crippen molar-refractivity contribution in [1.29, 1.82) is 0 Å². The van der Waals surface area contributed by atoms with E-state index < -0.39 is 12.2 Å². The number of aliphatic hydroxyl groups excluding tert-OH is 2. The van der Waals surface area contributed by atoms with E-state index in [4.69, 9.17) is 4.74 Å². The van der Waals surface area contributed by atoms with Crippen LogP contribution in [0.4, 0.5) is 0 Å². The monoisotopic (exact) mass is 450 g/mol. The van der Waals surface area contributed by atoms with Gasteiger partial charge in [0.1, 0.15) is 12.4 Å². The van der Waals surface area contributed by atoms with Gasteiger partial charge in [-0.2, -0.15) is 0 Å². The second-order valence-corrected chi connectivity index (χ2v) is 9.75. The Morgan fingerprint density at radius 2 is 1.79 bits per heavy atom. The normalized spacial score (nSPS) is 21.2. The second-order valence-electron chi connectivity index (χ2n) is 9.75. The van der Waals surface area contributed by atoms with Gasteiger partial charge in [-0.1, -0.05) is 43.2 Å². The lowest BCUT2D eigenvalue weighted by Crippen LogP contribution is -2.44. The molecule has 1 fully saturated rings. The van der Waals surface area contributed by atoms with Crippen LogP contribution in [0.1, 0.15) is 58.8 Å².